The Morgan fingerprint density at radius 2 is 1.92 bits per heavy atom. The van der Waals surface area contributed by atoms with Gasteiger partial charge in [0.25, 0.3) is 0 Å². The van der Waals surface area contributed by atoms with E-state index in [0.717, 1.165) is 56.6 Å². The molecule has 0 unspecified atom stereocenters. The van der Waals surface area contributed by atoms with Crippen LogP contribution < -0.4 is 4.90 Å². The summed E-state index contributed by atoms with van der Waals surface area (Å²) in [5, 5.41) is 0. The minimum atomic E-state index is 0.243. The molecule has 0 spiro atoms. The van der Waals surface area contributed by atoms with Crippen LogP contribution in [0, 0.1) is 6.92 Å². The molecule has 0 N–H and O–H groups in total. The smallest absolute Gasteiger partial charge is 0.222 e. The van der Waals surface area contributed by atoms with E-state index in [1.807, 2.05) is 30.3 Å². The van der Waals surface area contributed by atoms with Gasteiger partial charge in [-0.25, -0.2) is 15.0 Å². The molecule has 0 bridgehead atoms. The second kappa shape index (κ2) is 8.29. The number of hydrogen-bond acceptors (Lipinski definition) is 5. The second-order valence-corrected chi connectivity index (χ2v) is 7.07. The van der Waals surface area contributed by atoms with Gasteiger partial charge in [-0.2, -0.15) is 0 Å². The maximum absolute atomic E-state index is 12.5. The van der Waals surface area contributed by atoms with Crippen molar-refractivity contribution in [2.75, 3.05) is 31.1 Å². The molecule has 3 rings (SSSR count). The van der Waals surface area contributed by atoms with Crippen molar-refractivity contribution in [1.82, 2.24) is 24.4 Å². The molecule has 7 nitrogen and oxygen atoms in total. The number of imidazole rings is 1. The largest absolute Gasteiger partial charge is 0.353 e. The lowest BCUT2D eigenvalue weighted by Crippen LogP contribution is -2.49. The number of anilines is 1. The first-order valence-electron chi connectivity index (χ1n) is 9.38. The van der Waals surface area contributed by atoms with Crippen molar-refractivity contribution in [3.63, 3.8) is 0 Å². The van der Waals surface area contributed by atoms with Crippen LogP contribution in [-0.4, -0.2) is 56.5 Å². The SMILES string of the molecule is Cc1nccn1CCCC(=O)N1CCN(c2ccnc(C(C)C)n2)CC1. The molecular weight excluding hydrogens is 328 g/mol. The number of nitrogens with zero attached hydrogens (tertiary/aromatic N) is 6. The van der Waals surface area contributed by atoms with Crippen molar-refractivity contribution in [3.05, 3.63) is 36.3 Å². The number of hydrogen-bond donors (Lipinski definition) is 0. The van der Waals surface area contributed by atoms with Crippen LogP contribution in [0.25, 0.3) is 0 Å². The Kier molecular flexibility index (Phi) is 5.85. The number of amides is 1. The third kappa shape index (κ3) is 4.39. The van der Waals surface area contributed by atoms with Crippen LogP contribution >= 0.6 is 0 Å². The standard InChI is InChI=1S/C19H28N6O/c1-15(2)19-21-7-6-17(22-19)24-11-13-25(14-12-24)18(26)5-4-9-23-10-8-20-16(23)3/h6-8,10,15H,4-5,9,11-14H2,1-3H3. The van der Waals surface area contributed by atoms with Gasteiger partial charge in [0.15, 0.2) is 0 Å². The summed E-state index contributed by atoms with van der Waals surface area (Å²) >= 11 is 0. The van der Waals surface area contributed by atoms with Gasteiger partial charge in [0, 0.05) is 63.7 Å². The van der Waals surface area contributed by atoms with Crippen molar-refractivity contribution < 1.29 is 4.79 Å². The number of piperazine rings is 1. The summed E-state index contributed by atoms with van der Waals surface area (Å²) in [7, 11) is 0. The molecule has 7 heteroatoms. The van der Waals surface area contributed by atoms with Crippen molar-refractivity contribution >= 4 is 11.7 Å². The quantitative estimate of drug-likeness (QED) is 0.794. The monoisotopic (exact) mass is 356 g/mol. The van der Waals surface area contributed by atoms with E-state index in [2.05, 4.69) is 38.3 Å². The fourth-order valence-corrected chi connectivity index (χ4v) is 3.20. The Morgan fingerprint density at radius 3 is 2.58 bits per heavy atom. The summed E-state index contributed by atoms with van der Waals surface area (Å²) < 4.78 is 2.09. The van der Waals surface area contributed by atoms with Crippen molar-refractivity contribution in [1.29, 1.82) is 0 Å². The topological polar surface area (TPSA) is 67.2 Å². The van der Waals surface area contributed by atoms with E-state index in [1.54, 1.807) is 6.20 Å². The molecule has 2 aromatic rings. The minimum Gasteiger partial charge on any atom is -0.353 e. The summed E-state index contributed by atoms with van der Waals surface area (Å²) in [4.78, 5) is 29.9. The molecule has 2 aromatic heterocycles. The number of carbonyl (C=O) groups excluding carboxylic acids is 1. The van der Waals surface area contributed by atoms with E-state index in [0.29, 0.717) is 12.3 Å². The lowest BCUT2D eigenvalue weighted by atomic mass is 10.2. The van der Waals surface area contributed by atoms with E-state index in [-0.39, 0.29) is 5.91 Å². The highest BCUT2D eigenvalue weighted by Crippen LogP contribution is 2.17. The Balaban J connectivity index is 1.46. The van der Waals surface area contributed by atoms with Gasteiger partial charge in [0.05, 0.1) is 0 Å². The average molecular weight is 356 g/mol. The summed E-state index contributed by atoms with van der Waals surface area (Å²) in [6, 6.07) is 1.96. The maximum Gasteiger partial charge on any atom is 0.222 e. The van der Waals surface area contributed by atoms with E-state index >= 15 is 0 Å². The van der Waals surface area contributed by atoms with Crippen LogP contribution in [0.5, 0.6) is 0 Å². The Hall–Kier alpha value is -2.44. The number of carbonyl (C=O) groups is 1. The van der Waals surface area contributed by atoms with Crippen LogP contribution in [-0.2, 0) is 11.3 Å². The van der Waals surface area contributed by atoms with Crippen LogP contribution in [0.2, 0.25) is 0 Å². The summed E-state index contributed by atoms with van der Waals surface area (Å²) in [5.41, 5.74) is 0. The highest BCUT2D eigenvalue weighted by Gasteiger charge is 2.22. The third-order valence-electron chi connectivity index (χ3n) is 4.85. The molecule has 1 fully saturated rings. The van der Waals surface area contributed by atoms with Gasteiger partial charge in [-0.3, -0.25) is 4.79 Å². The molecule has 1 aliphatic heterocycles. The summed E-state index contributed by atoms with van der Waals surface area (Å²) in [6.45, 7) is 10.2. The van der Waals surface area contributed by atoms with E-state index in [9.17, 15) is 4.79 Å². The predicted octanol–water partition coefficient (Wildman–Crippen LogP) is 2.23. The van der Waals surface area contributed by atoms with E-state index in [1.165, 1.54) is 0 Å². The van der Waals surface area contributed by atoms with E-state index in [4.69, 9.17) is 0 Å². The van der Waals surface area contributed by atoms with Crippen molar-refractivity contribution in [3.8, 4) is 0 Å². The summed E-state index contributed by atoms with van der Waals surface area (Å²) in [5.74, 6) is 3.39. The van der Waals surface area contributed by atoms with Crippen molar-refractivity contribution in [2.24, 2.45) is 0 Å². The molecule has 1 amide bonds. The van der Waals surface area contributed by atoms with Crippen molar-refractivity contribution in [2.45, 2.75) is 46.1 Å². The molecule has 0 aliphatic carbocycles. The zero-order chi connectivity index (χ0) is 18.5. The van der Waals surface area contributed by atoms with Crippen LogP contribution in [0.4, 0.5) is 5.82 Å². The van der Waals surface area contributed by atoms with Crippen LogP contribution in [0.15, 0.2) is 24.7 Å². The van der Waals surface area contributed by atoms with Crippen LogP contribution in [0.1, 0.15) is 44.3 Å². The molecule has 0 saturated carbocycles. The van der Waals surface area contributed by atoms with Gasteiger partial charge in [0.2, 0.25) is 5.91 Å². The van der Waals surface area contributed by atoms with Gasteiger partial charge >= 0.3 is 0 Å². The van der Waals surface area contributed by atoms with Crippen LogP contribution in [0.3, 0.4) is 0 Å². The Labute approximate surface area is 155 Å². The molecule has 0 radical (unpaired) electrons. The van der Waals surface area contributed by atoms with Gasteiger partial charge in [-0.15, -0.1) is 0 Å². The maximum atomic E-state index is 12.5. The first-order valence-corrected chi connectivity index (χ1v) is 9.38. The first kappa shape index (κ1) is 18.4. The number of rotatable bonds is 6. The summed E-state index contributed by atoms with van der Waals surface area (Å²) in [6.07, 6.45) is 7.02. The Bertz CT molecular complexity index is 733. The lowest BCUT2D eigenvalue weighted by molar-refractivity contribution is -0.131. The average Bonchev–Trinajstić information content (AvgIpc) is 3.07. The normalized spacial score (nSPS) is 14.9. The van der Waals surface area contributed by atoms with E-state index < -0.39 is 0 Å². The molecule has 26 heavy (non-hydrogen) atoms. The molecule has 0 aromatic carbocycles. The first-order chi connectivity index (χ1) is 12.5. The highest BCUT2D eigenvalue weighted by molar-refractivity contribution is 5.76. The number of aryl methyl sites for hydroxylation is 2. The molecule has 3 heterocycles. The second-order valence-electron chi connectivity index (χ2n) is 7.07. The van der Waals surface area contributed by atoms with Gasteiger partial charge < -0.3 is 14.4 Å². The van der Waals surface area contributed by atoms with Gasteiger partial charge in [-0.1, -0.05) is 13.8 Å². The fraction of sp³-hybridized carbons (Fsp3) is 0.579. The lowest BCUT2D eigenvalue weighted by Gasteiger charge is -2.35. The number of aromatic nitrogens is 4. The highest BCUT2D eigenvalue weighted by atomic mass is 16.2. The molecule has 1 saturated heterocycles. The minimum absolute atomic E-state index is 0.243. The van der Waals surface area contributed by atoms with Gasteiger partial charge in [-0.05, 0) is 19.4 Å². The fourth-order valence-electron chi connectivity index (χ4n) is 3.20. The molecule has 0 atom stereocenters. The Morgan fingerprint density at radius 1 is 1.15 bits per heavy atom. The zero-order valence-corrected chi connectivity index (χ0v) is 15.9. The molecule has 140 valence electrons. The zero-order valence-electron chi connectivity index (χ0n) is 15.9. The third-order valence-corrected chi connectivity index (χ3v) is 4.85. The predicted molar refractivity (Wildman–Crippen MR) is 101 cm³/mol. The van der Waals surface area contributed by atoms with Gasteiger partial charge in [0.1, 0.15) is 17.5 Å². The molecule has 1 aliphatic rings. The molecular formula is C19H28N6O.